The molecule has 2 aliphatic rings. The summed E-state index contributed by atoms with van der Waals surface area (Å²) in [5.41, 5.74) is 1.92. The second-order valence-electron chi connectivity index (χ2n) is 6.35. The third-order valence-electron chi connectivity index (χ3n) is 4.53. The highest BCUT2D eigenvalue weighted by Gasteiger charge is 2.41. The summed E-state index contributed by atoms with van der Waals surface area (Å²) in [5.74, 6) is -1.58. The van der Waals surface area contributed by atoms with Gasteiger partial charge in [-0.2, -0.15) is 0 Å². The van der Waals surface area contributed by atoms with Gasteiger partial charge in [0.2, 0.25) is 0 Å². The lowest BCUT2D eigenvalue weighted by Gasteiger charge is -2.16. The molecule has 1 fully saturated rings. The van der Waals surface area contributed by atoms with Crippen LogP contribution in [0.2, 0.25) is 0 Å². The van der Waals surface area contributed by atoms with Crippen molar-refractivity contribution in [3.8, 4) is 0 Å². The molecular formula is C19H20N2O4S2. The maximum Gasteiger partial charge on any atom is 0.305 e. The average Bonchev–Trinajstić information content (AvgIpc) is 3.07. The molecule has 0 bridgehead atoms. The van der Waals surface area contributed by atoms with Gasteiger partial charge in [0, 0.05) is 18.7 Å². The van der Waals surface area contributed by atoms with Gasteiger partial charge in [0.1, 0.15) is 4.32 Å². The first-order valence-corrected chi connectivity index (χ1v) is 10.1. The van der Waals surface area contributed by atoms with Crippen molar-refractivity contribution < 1.29 is 19.5 Å². The lowest BCUT2D eigenvalue weighted by Crippen LogP contribution is -2.31. The van der Waals surface area contributed by atoms with E-state index in [1.54, 1.807) is 4.90 Å². The highest BCUT2D eigenvalue weighted by atomic mass is 32.2. The number of carboxylic acids is 1. The molecule has 1 aromatic carbocycles. The van der Waals surface area contributed by atoms with Crippen LogP contribution in [0.5, 0.6) is 0 Å². The first kappa shape index (κ1) is 19.6. The Hall–Kier alpha value is -2.19. The average molecular weight is 405 g/mol. The van der Waals surface area contributed by atoms with E-state index in [1.165, 1.54) is 4.90 Å². The predicted molar refractivity (Wildman–Crippen MR) is 109 cm³/mol. The van der Waals surface area contributed by atoms with Gasteiger partial charge in [-0.3, -0.25) is 19.3 Å². The number of benzene rings is 1. The zero-order valence-corrected chi connectivity index (χ0v) is 16.6. The Labute approximate surface area is 167 Å². The molecule has 1 aromatic rings. The van der Waals surface area contributed by atoms with Crippen LogP contribution in [-0.4, -0.2) is 45.2 Å². The van der Waals surface area contributed by atoms with Crippen molar-refractivity contribution in [3.05, 3.63) is 34.7 Å². The lowest BCUT2D eigenvalue weighted by atomic mass is 10.1. The molecule has 2 aliphatic heterocycles. The van der Waals surface area contributed by atoms with Gasteiger partial charge in [-0.05, 0) is 12.5 Å². The number of amides is 2. The molecule has 27 heavy (non-hydrogen) atoms. The number of unbranched alkanes of at least 4 members (excludes halogenated alkanes) is 2. The fourth-order valence-electron chi connectivity index (χ4n) is 3.19. The number of thiocarbonyl (C=S) groups is 1. The van der Waals surface area contributed by atoms with E-state index in [2.05, 4.69) is 6.92 Å². The Bertz CT molecular complexity index is 850. The SMILES string of the molecule is CCCCCN1C(=O)C(=C2SC(=S)N(CCC(=O)O)C2=O)c2ccccc21. The number of anilines is 1. The van der Waals surface area contributed by atoms with Crippen LogP contribution in [0.15, 0.2) is 29.2 Å². The van der Waals surface area contributed by atoms with Crippen LogP contribution in [0, 0.1) is 0 Å². The summed E-state index contributed by atoms with van der Waals surface area (Å²) in [4.78, 5) is 40.1. The maximum absolute atomic E-state index is 13.1. The van der Waals surface area contributed by atoms with Gasteiger partial charge in [0.25, 0.3) is 11.8 Å². The van der Waals surface area contributed by atoms with Crippen molar-refractivity contribution in [1.82, 2.24) is 4.90 Å². The molecule has 142 valence electrons. The molecule has 1 N–H and O–H groups in total. The predicted octanol–water partition coefficient (Wildman–Crippen LogP) is 3.27. The van der Waals surface area contributed by atoms with Gasteiger partial charge in [-0.25, -0.2) is 0 Å². The number of carboxylic acid groups (broad SMARTS) is 1. The molecular weight excluding hydrogens is 384 g/mol. The molecule has 0 aliphatic carbocycles. The summed E-state index contributed by atoms with van der Waals surface area (Å²) in [6.45, 7) is 2.72. The number of thioether (sulfide) groups is 1. The quantitative estimate of drug-likeness (QED) is 0.427. The molecule has 0 spiro atoms. The van der Waals surface area contributed by atoms with Crippen molar-refractivity contribution >= 4 is 57.3 Å². The number of aliphatic carboxylic acids is 1. The molecule has 1 saturated heterocycles. The van der Waals surface area contributed by atoms with Crippen molar-refractivity contribution in [2.45, 2.75) is 32.6 Å². The van der Waals surface area contributed by atoms with E-state index >= 15 is 0 Å². The van der Waals surface area contributed by atoms with Gasteiger partial charge in [0.05, 0.1) is 22.6 Å². The van der Waals surface area contributed by atoms with Gasteiger partial charge in [0.15, 0.2) is 0 Å². The number of carbonyl (C=O) groups excluding carboxylic acids is 2. The van der Waals surface area contributed by atoms with Gasteiger partial charge >= 0.3 is 5.97 Å². The number of hydrogen-bond donors (Lipinski definition) is 1. The standard InChI is InChI=1S/C19H20N2O4S2/c1-2-3-6-10-20-13-8-5-4-7-12(13)15(17(20)24)16-18(25)21(19(26)27-16)11-9-14(22)23/h4-5,7-8H,2-3,6,9-11H2,1H3,(H,22,23). The molecule has 6 nitrogen and oxygen atoms in total. The van der Waals surface area contributed by atoms with E-state index in [4.69, 9.17) is 17.3 Å². The Kier molecular flexibility index (Phi) is 5.96. The molecule has 3 rings (SSSR count). The first-order chi connectivity index (χ1) is 13.0. The molecule has 2 amide bonds. The molecule has 0 unspecified atom stereocenters. The Morgan fingerprint density at radius 2 is 1.85 bits per heavy atom. The number of fused-ring (bicyclic) bond motifs is 1. The lowest BCUT2D eigenvalue weighted by molar-refractivity contribution is -0.137. The van der Waals surface area contributed by atoms with Crippen molar-refractivity contribution in [3.63, 3.8) is 0 Å². The Morgan fingerprint density at radius 3 is 2.56 bits per heavy atom. The summed E-state index contributed by atoms with van der Waals surface area (Å²) >= 11 is 6.33. The maximum atomic E-state index is 13.1. The molecule has 0 saturated carbocycles. The van der Waals surface area contributed by atoms with Crippen molar-refractivity contribution in [2.75, 3.05) is 18.0 Å². The molecule has 0 atom stereocenters. The molecule has 8 heteroatoms. The van der Waals surface area contributed by atoms with Crippen LogP contribution < -0.4 is 4.90 Å². The summed E-state index contributed by atoms with van der Waals surface area (Å²) in [6.07, 6.45) is 2.78. The normalized spacial score (nSPS) is 19.2. The molecule has 0 radical (unpaired) electrons. The second-order valence-corrected chi connectivity index (χ2v) is 8.00. The fraction of sp³-hybridized carbons (Fsp3) is 0.368. The Morgan fingerprint density at radius 1 is 1.11 bits per heavy atom. The summed E-state index contributed by atoms with van der Waals surface area (Å²) in [6, 6.07) is 7.44. The van der Waals surface area contributed by atoms with Gasteiger partial charge < -0.3 is 10.0 Å². The number of rotatable bonds is 7. The number of hydrogen-bond acceptors (Lipinski definition) is 5. The summed E-state index contributed by atoms with van der Waals surface area (Å²) < 4.78 is 0.290. The van der Waals surface area contributed by atoms with E-state index in [0.717, 1.165) is 42.3 Å². The smallest absolute Gasteiger partial charge is 0.305 e. The fourth-order valence-corrected chi connectivity index (χ4v) is 4.57. The topological polar surface area (TPSA) is 77.9 Å². The first-order valence-electron chi connectivity index (χ1n) is 8.86. The third kappa shape index (κ3) is 3.77. The molecule has 0 aromatic heterocycles. The largest absolute Gasteiger partial charge is 0.481 e. The van der Waals surface area contributed by atoms with Crippen LogP contribution in [0.1, 0.15) is 38.2 Å². The minimum atomic E-state index is -0.999. The van der Waals surface area contributed by atoms with E-state index in [-0.39, 0.29) is 24.8 Å². The van der Waals surface area contributed by atoms with Crippen LogP contribution >= 0.6 is 24.0 Å². The van der Waals surface area contributed by atoms with E-state index < -0.39 is 5.97 Å². The van der Waals surface area contributed by atoms with Crippen LogP contribution in [0.25, 0.3) is 5.57 Å². The van der Waals surface area contributed by atoms with Crippen LogP contribution in [0.3, 0.4) is 0 Å². The monoisotopic (exact) mass is 404 g/mol. The summed E-state index contributed by atoms with van der Waals surface area (Å²) in [5, 5.41) is 8.87. The van der Waals surface area contributed by atoms with E-state index in [0.29, 0.717) is 21.3 Å². The Balaban J connectivity index is 1.95. The second kappa shape index (κ2) is 8.22. The van der Waals surface area contributed by atoms with Gasteiger partial charge in [-0.15, -0.1) is 0 Å². The highest BCUT2D eigenvalue weighted by Crippen LogP contribution is 2.44. The third-order valence-corrected chi connectivity index (χ3v) is 5.98. The van der Waals surface area contributed by atoms with Crippen LogP contribution in [-0.2, 0) is 14.4 Å². The number of nitrogens with zero attached hydrogens (tertiary/aromatic N) is 2. The van der Waals surface area contributed by atoms with E-state index in [1.807, 2.05) is 24.3 Å². The van der Waals surface area contributed by atoms with E-state index in [9.17, 15) is 14.4 Å². The zero-order chi connectivity index (χ0) is 19.6. The molecule has 2 heterocycles. The van der Waals surface area contributed by atoms with Crippen molar-refractivity contribution in [1.29, 1.82) is 0 Å². The minimum Gasteiger partial charge on any atom is -0.481 e. The zero-order valence-electron chi connectivity index (χ0n) is 14.9. The van der Waals surface area contributed by atoms with Crippen molar-refractivity contribution in [2.24, 2.45) is 0 Å². The van der Waals surface area contributed by atoms with Crippen LogP contribution in [0.4, 0.5) is 5.69 Å². The number of para-hydroxylation sites is 1. The summed E-state index contributed by atoms with van der Waals surface area (Å²) in [7, 11) is 0. The highest BCUT2D eigenvalue weighted by molar-refractivity contribution is 8.26. The number of carbonyl (C=O) groups is 3. The minimum absolute atomic E-state index is 0.00678. The van der Waals surface area contributed by atoms with Gasteiger partial charge in [-0.1, -0.05) is 61.9 Å².